The van der Waals surface area contributed by atoms with Crippen molar-refractivity contribution in [3.63, 3.8) is 0 Å². The molecule has 1 spiro atoms. The van der Waals surface area contributed by atoms with E-state index < -0.39 is 5.54 Å². The Morgan fingerprint density at radius 3 is 2.67 bits per heavy atom. The minimum Gasteiger partial charge on any atom is -0.317 e. The first kappa shape index (κ1) is 7.76. The topological polar surface area (TPSA) is 52.6 Å². The number of rotatable bonds is 0. The van der Waals surface area contributed by atoms with Gasteiger partial charge in [-0.25, -0.2) is 5.06 Å². The zero-order valence-corrected chi connectivity index (χ0v) is 6.79. The van der Waals surface area contributed by atoms with Gasteiger partial charge in [0, 0.05) is 6.08 Å². The van der Waals surface area contributed by atoms with E-state index in [1.165, 1.54) is 6.08 Å². The smallest absolute Gasteiger partial charge is 0.270 e. The molecule has 0 unspecified atom stereocenters. The van der Waals surface area contributed by atoms with Gasteiger partial charge in [-0.15, -0.1) is 0 Å². The molecular weight excluding hydrogens is 156 g/mol. The second kappa shape index (κ2) is 2.57. The van der Waals surface area contributed by atoms with Crippen molar-refractivity contribution in [2.75, 3.05) is 13.1 Å². The van der Waals surface area contributed by atoms with Gasteiger partial charge >= 0.3 is 0 Å². The average Bonchev–Trinajstić information content (AvgIpc) is 2.37. The van der Waals surface area contributed by atoms with E-state index in [0.29, 0.717) is 0 Å². The minimum absolute atomic E-state index is 0.295. The van der Waals surface area contributed by atoms with Crippen LogP contribution in [0.15, 0.2) is 12.2 Å². The third kappa shape index (κ3) is 0.956. The van der Waals surface area contributed by atoms with E-state index in [9.17, 15) is 10.0 Å². The Morgan fingerprint density at radius 1 is 1.50 bits per heavy atom. The molecule has 2 heterocycles. The highest BCUT2D eigenvalue weighted by atomic mass is 16.5. The van der Waals surface area contributed by atoms with Crippen molar-refractivity contribution in [1.82, 2.24) is 10.4 Å². The van der Waals surface area contributed by atoms with Crippen molar-refractivity contribution in [2.45, 2.75) is 18.4 Å². The van der Waals surface area contributed by atoms with Crippen LogP contribution in [0, 0.1) is 0 Å². The third-order valence-corrected chi connectivity index (χ3v) is 2.64. The van der Waals surface area contributed by atoms with E-state index in [-0.39, 0.29) is 5.91 Å². The first-order valence-corrected chi connectivity index (χ1v) is 4.18. The number of nitrogens with zero attached hydrogens (tertiary/aromatic N) is 1. The highest BCUT2D eigenvalue weighted by Crippen LogP contribution is 2.30. The van der Waals surface area contributed by atoms with E-state index in [1.807, 2.05) is 6.08 Å². The Morgan fingerprint density at radius 2 is 2.17 bits per heavy atom. The first-order chi connectivity index (χ1) is 5.75. The fourth-order valence-corrected chi connectivity index (χ4v) is 1.83. The van der Waals surface area contributed by atoms with E-state index in [2.05, 4.69) is 5.32 Å². The average molecular weight is 168 g/mol. The van der Waals surface area contributed by atoms with Gasteiger partial charge in [0.25, 0.3) is 5.91 Å². The summed E-state index contributed by atoms with van der Waals surface area (Å²) in [5.74, 6) is -0.295. The fourth-order valence-electron chi connectivity index (χ4n) is 1.83. The maximum absolute atomic E-state index is 11.0. The van der Waals surface area contributed by atoms with E-state index in [4.69, 9.17) is 0 Å². The lowest BCUT2D eigenvalue weighted by Crippen LogP contribution is -2.50. The molecule has 0 radical (unpaired) electrons. The quantitative estimate of drug-likeness (QED) is 0.496. The fraction of sp³-hybridized carbons (Fsp3) is 0.625. The molecule has 0 aliphatic carbocycles. The summed E-state index contributed by atoms with van der Waals surface area (Å²) in [6, 6.07) is 0. The van der Waals surface area contributed by atoms with Gasteiger partial charge in [0.05, 0.1) is 5.54 Å². The molecule has 66 valence electrons. The number of amides is 1. The van der Waals surface area contributed by atoms with Crippen molar-refractivity contribution < 1.29 is 10.0 Å². The molecule has 1 saturated heterocycles. The van der Waals surface area contributed by atoms with Crippen molar-refractivity contribution in [1.29, 1.82) is 0 Å². The second-order valence-electron chi connectivity index (χ2n) is 3.34. The maximum atomic E-state index is 11.0. The Kier molecular flexibility index (Phi) is 1.66. The molecule has 0 atom stereocenters. The molecular formula is C8H12N2O2. The maximum Gasteiger partial charge on any atom is 0.270 e. The van der Waals surface area contributed by atoms with Crippen LogP contribution >= 0.6 is 0 Å². The summed E-state index contributed by atoms with van der Waals surface area (Å²) in [7, 11) is 0. The predicted octanol–water partition coefficient (Wildman–Crippen LogP) is -0.104. The van der Waals surface area contributed by atoms with Gasteiger partial charge in [0.15, 0.2) is 0 Å². The summed E-state index contributed by atoms with van der Waals surface area (Å²) in [4.78, 5) is 11.0. The molecule has 4 heteroatoms. The number of nitrogens with one attached hydrogen (secondary N) is 1. The van der Waals surface area contributed by atoms with Crippen LogP contribution in [0.1, 0.15) is 12.8 Å². The van der Waals surface area contributed by atoms with E-state index in [1.54, 1.807) is 0 Å². The van der Waals surface area contributed by atoms with Gasteiger partial charge in [0.2, 0.25) is 0 Å². The lowest BCUT2D eigenvalue weighted by atomic mass is 9.89. The first-order valence-electron chi connectivity index (χ1n) is 4.18. The molecule has 2 aliphatic rings. The summed E-state index contributed by atoms with van der Waals surface area (Å²) in [5, 5.41) is 13.5. The Balaban J connectivity index is 2.20. The summed E-state index contributed by atoms with van der Waals surface area (Å²) in [6.45, 7) is 1.71. The van der Waals surface area contributed by atoms with Crippen LogP contribution in [0.25, 0.3) is 0 Å². The molecule has 0 saturated carbocycles. The van der Waals surface area contributed by atoms with E-state index in [0.717, 1.165) is 31.0 Å². The minimum atomic E-state index is -0.400. The van der Waals surface area contributed by atoms with E-state index >= 15 is 0 Å². The normalized spacial score (nSPS) is 27.1. The Bertz CT molecular complexity index is 231. The number of hydrogen-bond donors (Lipinski definition) is 2. The van der Waals surface area contributed by atoms with Crippen molar-refractivity contribution in [2.24, 2.45) is 0 Å². The van der Waals surface area contributed by atoms with Gasteiger partial charge in [0.1, 0.15) is 0 Å². The molecule has 1 fully saturated rings. The second-order valence-corrected chi connectivity index (χ2v) is 3.34. The molecule has 0 bridgehead atoms. The third-order valence-electron chi connectivity index (χ3n) is 2.64. The Hall–Kier alpha value is -0.870. The molecule has 2 aliphatic heterocycles. The van der Waals surface area contributed by atoms with Crippen LogP contribution in [0.3, 0.4) is 0 Å². The number of piperidine rings is 1. The number of carbonyl (C=O) groups is 1. The highest BCUT2D eigenvalue weighted by Gasteiger charge is 2.41. The zero-order chi connectivity index (χ0) is 8.60. The Labute approximate surface area is 70.8 Å². The van der Waals surface area contributed by atoms with Crippen LogP contribution in [0.2, 0.25) is 0 Å². The van der Waals surface area contributed by atoms with Crippen LogP contribution in [-0.2, 0) is 4.79 Å². The van der Waals surface area contributed by atoms with Gasteiger partial charge < -0.3 is 5.32 Å². The van der Waals surface area contributed by atoms with Crippen LogP contribution in [0.4, 0.5) is 0 Å². The van der Waals surface area contributed by atoms with Crippen LogP contribution in [0.5, 0.6) is 0 Å². The molecule has 0 aromatic carbocycles. The van der Waals surface area contributed by atoms with Crippen molar-refractivity contribution in [3.05, 3.63) is 12.2 Å². The lowest BCUT2D eigenvalue weighted by Gasteiger charge is -2.36. The monoisotopic (exact) mass is 168 g/mol. The number of carbonyl (C=O) groups excluding carboxylic acids is 1. The molecule has 2 N–H and O–H groups in total. The van der Waals surface area contributed by atoms with Gasteiger partial charge in [-0.1, -0.05) is 6.08 Å². The highest BCUT2D eigenvalue weighted by molar-refractivity contribution is 5.90. The SMILES string of the molecule is O=C1C=CC2(CCNCC2)N1O. The van der Waals surface area contributed by atoms with Crippen LogP contribution in [-0.4, -0.2) is 34.8 Å². The summed E-state index contributed by atoms with van der Waals surface area (Å²) in [5.41, 5.74) is -0.400. The number of hydroxylamine groups is 2. The summed E-state index contributed by atoms with van der Waals surface area (Å²) >= 11 is 0. The molecule has 1 amide bonds. The summed E-state index contributed by atoms with van der Waals surface area (Å²) < 4.78 is 0. The number of hydrogen-bond acceptors (Lipinski definition) is 3. The largest absolute Gasteiger partial charge is 0.317 e. The zero-order valence-electron chi connectivity index (χ0n) is 6.79. The van der Waals surface area contributed by atoms with Gasteiger partial charge in [-0.2, -0.15) is 0 Å². The van der Waals surface area contributed by atoms with Crippen molar-refractivity contribution in [3.8, 4) is 0 Å². The summed E-state index contributed by atoms with van der Waals surface area (Å²) in [6.07, 6.45) is 4.86. The van der Waals surface area contributed by atoms with Crippen molar-refractivity contribution >= 4 is 5.91 Å². The molecule has 0 aromatic rings. The standard InChI is InChI=1S/C8H12N2O2/c11-7-1-2-8(10(7)12)3-5-9-6-4-8/h1-2,9,12H,3-6H2. The van der Waals surface area contributed by atoms with Crippen LogP contribution < -0.4 is 5.32 Å². The molecule has 12 heavy (non-hydrogen) atoms. The van der Waals surface area contributed by atoms with Gasteiger partial charge in [-0.05, 0) is 25.9 Å². The van der Waals surface area contributed by atoms with Gasteiger partial charge in [-0.3, -0.25) is 10.0 Å². The molecule has 4 nitrogen and oxygen atoms in total. The predicted molar refractivity (Wildman–Crippen MR) is 42.6 cm³/mol. The molecule has 2 rings (SSSR count). The molecule has 0 aromatic heterocycles. The lowest BCUT2D eigenvalue weighted by molar-refractivity contribution is -0.179.